The molecule has 1 aromatic carbocycles. The van der Waals surface area contributed by atoms with Gasteiger partial charge in [0.1, 0.15) is 0 Å². The van der Waals surface area contributed by atoms with Crippen molar-refractivity contribution in [3.63, 3.8) is 0 Å². The van der Waals surface area contributed by atoms with Crippen molar-refractivity contribution in [2.24, 2.45) is 11.7 Å². The molecule has 2 heteroatoms. The minimum atomic E-state index is 0.527. The first-order chi connectivity index (χ1) is 7.22. The van der Waals surface area contributed by atoms with Crippen molar-refractivity contribution in [1.82, 2.24) is 4.57 Å². The van der Waals surface area contributed by atoms with Crippen LogP contribution in [0.25, 0.3) is 10.9 Å². The van der Waals surface area contributed by atoms with Crippen LogP contribution in [0.2, 0.25) is 0 Å². The molecule has 0 aliphatic rings. The van der Waals surface area contributed by atoms with Gasteiger partial charge in [-0.3, -0.25) is 0 Å². The van der Waals surface area contributed by atoms with E-state index >= 15 is 0 Å². The molecule has 15 heavy (non-hydrogen) atoms. The fraction of sp³-hybridized carbons (Fsp3) is 0.385. The zero-order valence-electron chi connectivity index (χ0n) is 9.40. The lowest BCUT2D eigenvalue weighted by Crippen LogP contribution is -2.17. The minimum Gasteiger partial charge on any atom is -0.345 e. The van der Waals surface area contributed by atoms with E-state index in [0.717, 1.165) is 13.1 Å². The SMILES string of the molecule is Cc1cc2ccccc2n1CC(C)CN. The van der Waals surface area contributed by atoms with Crippen LogP contribution in [0.1, 0.15) is 12.6 Å². The molecule has 1 aromatic heterocycles. The van der Waals surface area contributed by atoms with Crippen molar-refractivity contribution in [3.05, 3.63) is 36.0 Å². The zero-order chi connectivity index (χ0) is 10.8. The van der Waals surface area contributed by atoms with Gasteiger partial charge in [0, 0.05) is 17.8 Å². The summed E-state index contributed by atoms with van der Waals surface area (Å²) in [5.41, 5.74) is 8.30. The number of para-hydroxylation sites is 1. The summed E-state index contributed by atoms with van der Waals surface area (Å²) in [6, 6.07) is 10.7. The average molecular weight is 202 g/mol. The second-order valence-electron chi connectivity index (χ2n) is 4.30. The molecule has 2 aromatic rings. The molecule has 1 atom stereocenters. The third-order valence-corrected chi connectivity index (χ3v) is 2.91. The van der Waals surface area contributed by atoms with Crippen molar-refractivity contribution in [3.8, 4) is 0 Å². The second kappa shape index (κ2) is 4.07. The van der Waals surface area contributed by atoms with Crippen LogP contribution in [-0.4, -0.2) is 11.1 Å². The van der Waals surface area contributed by atoms with E-state index in [1.807, 2.05) is 0 Å². The van der Waals surface area contributed by atoms with Gasteiger partial charge in [-0.2, -0.15) is 0 Å². The Balaban J connectivity index is 2.45. The van der Waals surface area contributed by atoms with Crippen molar-refractivity contribution in [2.45, 2.75) is 20.4 Å². The maximum absolute atomic E-state index is 5.67. The lowest BCUT2D eigenvalue weighted by Gasteiger charge is -2.13. The molecule has 2 rings (SSSR count). The Morgan fingerprint density at radius 2 is 2.07 bits per heavy atom. The van der Waals surface area contributed by atoms with Gasteiger partial charge < -0.3 is 10.3 Å². The van der Waals surface area contributed by atoms with Gasteiger partial charge >= 0.3 is 0 Å². The van der Waals surface area contributed by atoms with E-state index in [1.54, 1.807) is 0 Å². The largest absolute Gasteiger partial charge is 0.345 e. The van der Waals surface area contributed by atoms with Gasteiger partial charge in [0.2, 0.25) is 0 Å². The zero-order valence-corrected chi connectivity index (χ0v) is 9.40. The Morgan fingerprint density at radius 1 is 1.33 bits per heavy atom. The summed E-state index contributed by atoms with van der Waals surface area (Å²) in [7, 11) is 0. The second-order valence-corrected chi connectivity index (χ2v) is 4.30. The molecule has 0 saturated heterocycles. The lowest BCUT2D eigenvalue weighted by molar-refractivity contribution is 0.496. The van der Waals surface area contributed by atoms with E-state index in [1.165, 1.54) is 16.6 Å². The number of nitrogens with zero attached hydrogens (tertiary/aromatic N) is 1. The van der Waals surface area contributed by atoms with Gasteiger partial charge in [-0.05, 0) is 36.9 Å². The highest BCUT2D eigenvalue weighted by Gasteiger charge is 2.07. The summed E-state index contributed by atoms with van der Waals surface area (Å²) in [4.78, 5) is 0. The minimum absolute atomic E-state index is 0.527. The Hall–Kier alpha value is -1.28. The number of benzene rings is 1. The molecule has 2 nitrogen and oxygen atoms in total. The van der Waals surface area contributed by atoms with Crippen LogP contribution in [0.5, 0.6) is 0 Å². The third-order valence-electron chi connectivity index (χ3n) is 2.91. The molecule has 0 aliphatic carbocycles. The predicted octanol–water partition coefficient (Wildman–Crippen LogP) is 2.54. The van der Waals surface area contributed by atoms with Crippen LogP contribution in [0, 0.1) is 12.8 Å². The van der Waals surface area contributed by atoms with Gasteiger partial charge in [-0.1, -0.05) is 25.1 Å². The highest BCUT2D eigenvalue weighted by atomic mass is 15.0. The lowest BCUT2D eigenvalue weighted by atomic mass is 10.2. The van der Waals surface area contributed by atoms with Crippen LogP contribution >= 0.6 is 0 Å². The third kappa shape index (κ3) is 1.90. The number of nitrogens with two attached hydrogens (primary N) is 1. The number of hydrogen-bond acceptors (Lipinski definition) is 1. The Morgan fingerprint density at radius 3 is 2.80 bits per heavy atom. The van der Waals surface area contributed by atoms with Crippen LogP contribution in [0.3, 0.4) is 0 Å². The van der Waals surface area contributed by atoms with Gasteiger partial charge in [-0.25, -0.2) is 0 Å². The molecule has 0 amide bonds. The quantitative estimate of drug-likeness (QED) is 0.814. The number of fused-ring (bicyclic) bond motifs is 1. The summed E-state index contributed by atoms with van der Waals surface area (Å²) in [6.07, 6.45) is 0. The monoisotopic (exact) mass is 202 g/mol. The van der Waals surface area contributed by atoms with E-state index in [9.17, 15) is 0 Å². The molecular formula is C13H18N2. The smallest absolute Gasteiger partial charge is 0.0482 e. The van der Waals surface area contributed by atoms with Gasteiger partial charge in [-0.15, -0.1) is 0 Å². The highest BCUT2D eigenvalue weighted by Crippen LogP contribution is 2.20. The summed E-state index contributed by atoms with van der Waals surface area (Å²) in [6.45, 7) is 6.10. The summed E-state index contributed by atoms with van der Waals surface area (Å²) in [5.74, 6) is 0.527. The summed E-state index contributed by atoms with van der Waals surface area (Å²) >= 11 is 0. The first-order valence-corrected chi connectivity index (χ1v) is 5.47. The molecule has 1 unspecified atom stereocenters. The predicted molar refractivity (Wildman–Crippen MR) is 64.9 cm³/mol. The van der Waals surface area contributed by atoms with Crippen LogP contribution in [0.15, 0.2) is 30.3 Å². The molecule has 0 radical (unpaired) electrons. The van der Waals surface area contributed by atoms with Gasteiger partial charge in [0.15, 0.2) is 0 Å². The molecule has 1 heterocycles. The summed E-state index contributed by atoms with van der Waals surface area (Å²) in [5, 5.41) is 1.32. The number of rotatable bonds is 3. The standard InChI is InChI=1S/C13H18N2/c1-10(8-14)9-15-11(2)7-12-5-3-4-6-13(12)15/h3-7,10H,8-9,14H2,1-2H3. The highest BCUT2D eigenvalue weighted by molar-refractivity contribution is 5.81. The van der Waals surface area contributed by atoms with Crippen LogP contribution < -0.4 is 5.73 Å². The Labute approximate surface area is 90.7 Å². The molecule has 0 bridgehead atoms. The molecule has 2 N–H and O–H groups in total. The number of aromatic nitrogens is 1. The fourth-order valence-electron chi connectivity index (χ4n) is 1.98. The topological polar surface area (TPSA) is 30.9 Å². The fourth-order valence-corrected chi connectivity index (χ4v) is 1.98. The Bertz CT molecular complexity index is 457. The van der Waals surface area contributed by atoms with Gasteiger partial charge in [0.05, 0.1) is 0 Å². The Kier molecular flexibility index (Phi) is 2.78. The van der Waals surface area contributed by atoms with Crippen molar-refractivity contribution < 1.29 is 0 Å². The van der Waals surface area contributed by atoms with Crippen molar-refractivity contribution in [1.29, 1.82) is 0 Å². The molecule has 80 valence electrons. The van der Waals surface area contributed by atoms with E-state index in [4.69, 9.17) is 5.73 Å². The maximum atomic E-state index is 5.67. The van der Waals surface area contributed by atoms with E-state index in [-0.39, 0.29) is 0 Å². The van der Waals surface area contributed by atoms with E-state index < -0.39 is 0 Å². The summed E-state index contributed by atoms with van der Waals surface area (Å²) < 4.78 is 2.35. The van der Waals surface area contributed by atoms with E-state index in [2.05, 4.69) is 48.7 Å². The first-order valence-electron chi connectivity index (χ1n) is 5.47. The molecule has 0 saturated carbocycles. The molecule has 0 fully saturated rings. The van der Waals surface area contributed by atoms with Crippen molar-refractivity contribution >= 4 is 10.9 Å². The number of hydrogen-bond donors (Lipinski definition) is 1. The first kappa shape index (κ1) is 10.2. The normalized spacial score (nSPS) is 13.3. The molecular weight excluding hydrogens is 184 g/mol. The van der Waals surface area contributed by atoms with Crippen molar-refractivity contribution in [2.75, 3.05) is 6.54 Å². The average Bonchev–Trinajstić information content (AvgIpc) is 2.55. The van der Waals surface area contributed by atoms with E-state index in [0.29, 0.717) is 5.92 Å². The maximum Gasteiger partial charge on any atom is 0.0482 e. The van der Waals surface area contributed by atoms with Crippen LogP contribution in [0.4, 0.5) is 0 Å². The van der Waals surface area contributed by atoms with Crippen LogP contribution in [-0.2, 0) is 6.54 Å². The molecule has 0 aliphatic heterocycles. The van der Waals surface area contributed by atoms with Gasteiger partial charge in [0.25, 0.3) is 0 Å². The number of aryl methyl sites for hydroxylation is 1. The molecule has 0 spiro atoms.